The van der Waals surface area contributed by atoms with Gasteiger partial charge in [-0.15, -0.1) is 0 Å². The Kier molecular flexibility index (Phi) is 3.84. The Morgan fingerprint density at radius 2 is 2.25 bits per heavy atom. The van der Waals surface area contributed by atoms with Gasteiger partial charge in [0.15, 0.2) is 0 Å². The van der Waals surface area contributed by atoms with Crippen LogP contribution in [-0.2, 0) is 11.3 Å². The Morgan fingerprint density at radius 1 is 1.38 bits per heavy atom. The summed E-state index contributed by atoms with van der Waals surface area (Å²) in [5.41, 5.74) is 2.86. The van der Waals surface area contributed by atoms with Gasteiger partial charge in [-0.3, -0.25) is 9.48 Å². The molecule has 2 aliphatic rings. The molecule has 1 amide bonds. The Balaban J connectivity index is 1.52. The van der Waals surface area contributed by atoms with E-state index in [2.05, 4.69) is 5.10 Å². The van der Waals surface area contributed by atoms with Crippen molar-refractivity contribution in [2.45, 2.75) is 32.4 Å². The maximum atomic E-state index is 13.0. The minimum Gasteiger partial charge on any atom is -0.488 e. The minimum atomic E-state index is 0.0934. The highest BCUT2D eigenvalue weighted by Gasteiger charge is 2.32. The second kappa shape index (κ2) is 6.15. The number of hydrogen-bond acceptors (Lipinski definition) is 3. The Labute approximate surface area is 141 Å². The second-order valence-electron chi connectivity index (χ2n) is 6.53. The van der Waals surface area contributed by atoms with Crippen molar-refractivity contribution in [3.05, 3.63) is 53.4 Å². The highest BCUT2D eigenvalue weighted by molar-refractivity contribution is 5.99. The van der Waals surface area contributed by atoms with E-state index in [4.69, 9.17) is 4.74 Å². The smallest absolute Gasteiger partial charge is 0.253 e. The molecule has 1 saturated heterocycles. The number of aryl methyl sites for hydroxylation is 1. The van der Waals surface area contributed by atoms with E-state index < -0.39 is 0 Å². The van der Waals surface area contributed by atoms with E-state index in [-0.39, 0.29) is 11.9 Å². The summed E-state index contributed by atoms with van der Waals surface area (Å²) in [7, 11) is 0. The van der Waals surface area contributed by atoms with Crippen molar-refractivity contribution < 1.29 is 9.53 Å². The highest BCUT2D eigenvalue weighted by Crippen LogP contribution is 2.28. The SMILES string of the molecule is Cc1cnn(C[C@@H]2CCCN2C(=O)C2=Cc3ccccc3OC2)c1. The number of amides is 1. The molecule has 0 N–H and O–H groups in total. The van der Waals surface area contributed by atoms with Gasteiger partial charge >= 0.3 is 0 Å². The third kappa shape index (κ3) is 2.82. The van der Waals surface area contributed by atoms with Crippen molar-refractivity contribution in [2.75, 3.05) is 13.2 Å². The highest BCUT2D eigenvalue weighted by atomic mass is 16.5. The minimum absolute atomic E-state index is 0.0934. The number of para-hydroxylation sites is 1. The molecule has 0 spiro atoms. The molecule has 124 valence electrons. The fourth-order valence-electron chi connectivity index (χ4n) is 3.50. The van der Waals surface area contributed by atoms with Gasteiger partial charge in [0.1, 0.15) is 12.4 Å². The van der Waals surface area contributed by atoms with E-state index in [1.54, 1.807) is 0 Å². The van der Waals surface area contributed by atoms with Gasteiger partial charge in [-0.25, -0.2) is 0 Å². The first kappa shape index (κ1) is 15.0. The van der Waals surface area contributed by atoms with Crippen LogP contribution in [0.4, 0.5) is 0 Å². The lowest BCUT2D eigenvalue weighted by Gasteiger charge is -2.27. The lowest BCUT2D eigenvalue weighted by Crippen LogP contribution is -2.40. The molecule has 0 bridgehead atoms. The van der Waals surface area contributed by atoms with Crippen molar-refractivity contribution in [1.29, 1.82) is 0 Å². The zero-order valence-corrected chi connectivity index (χ0v) is 13.8. The summed E-state index contributed by atoms with van der Waals surface area (Å²) in [6, 6.07) is 8.03. The fourth-order valence-corrected chi connectivity index (χ4v) is 3.50. The van der Waals surface area contributed by atoms with Crippen molar-refractivity contribution in [3.63, 3.8) is 0 Å². The summed E-state index contributed by atoms with van der Waals surface area (Å²) in [6.45, 7) is 3.94. The van der Waals surface area contributed by atoms with Crippen LogP contribution < -0.4 is 4.74 Å². The number of ether oxygens (including phenoxy) is 1. The van der Waals surface area contributed by atoms with Gasteiger partial charge in [0.05, 0.1) is 24.4 Å². The second-order valence-corrected chi connectivity index (χ2v) is 6.53. The average molecular weight is 323 g/mol. The van der Waals surface area contributed by atoms with Gasteiger partial charge in [0.2, 0.25) is 0 Å². The molecule has 3 heterocycles. The molecule has 5 nitrogen and oxygen atoms in total. The first-order valence-corrected chi connectivity index (χ1v) is 8.43. The lowest BCUT2D eigenvalue weighted by molar-refractivity contribution is -0.128. The molecule has 0 saturated carbocycles. The molecule has 1 aromatic carbocycles. The third-order valence-corrected chi connectivity index (χ3v) is 4.70. The molecule has 2 aliphatic heterocycles. The summed E-state index contributed by atoms with van der Waals surface area (Å²) >= 11 is 0. The number of benzene rings is 1. The van der Waals surface area contributed by atoms with Crippen LogP contribution in [0, 0.1) is 6.92 Å². The molecule has 0 unspecified atom stereocenters. The van der Waals surface area contributed by atoms with Gasteiger partial charge in [-0.2, -0.15) is 5.10 Å². The van der Waals surface area contributed by atoms with Crippen LogP contribution in [0.2, 0.25) is 0 Å². The van der Waals surface area contributed by atoms with Gasteiger partial charge in [-0.1, -0.05) is 18.2 Å². The summed E-state index contributed by atoms with van der Waals surface area (Å²) in [6.07, 6.45) is 7.92. The van der Waals surface area contributed by atoms with Crippen LogP contribution in [-0.4, -0.2) is 39.8 Å². The van der Waals surface area contributed by atoms with Crippen molar-refractivity contribution in [2.24, 2.45) is 0 Å². The zero-order valence-electron chi connectivity index (χ0n) is 13.8. The number of carbonyl (C=O) groups excluding carboxylic acids is 1. The maximum Gasteiger partial charge on any atom is 0.253 e. The van der Waals surface area contributed by atoms with E-state index in [0.29, 0.717) is 6.61 Å². The van der Waals surface area contributed by atoms with Crippen LogP contribution in [0.1, 0.15) is 24.0 Å². The Morgan fingerprint density at radius 3 is 3.08 bits per heavy atom. The Bertz CT molecular complexity index is 793. The molecule has 0 aliphatic carbocycles. The quantitative estimate of drug-likeness (QED) is 0.872. The molecular weight excluding hydrogens is 302 g/mol. The van der Waals surface area contributed by atoms with E-state index in [0.717, 1.165) is 48.4 Å². The molecule has 2 aromatic rings. The molecular formula is C19H21N3O2. The van der Waals surface area contributed by atoms with Gasteiger partial charge < -0.3 is 9.64 Å². The molecule has 1 atom stereocenters. The van der Waals surface area contributed by atoms with Crippen LogP contribution >= 0.6 is 0 Å². The Hall–Kier alpha value is -2.56. The van der Waals surface area contributed by atoms with Gasteiger partial charge in [0, 0.05) is 18.3 Å². The van der Waals surface area contributed by atoms with Crippen molar-refractivity contribution in [1.82, 2.24) is 14.7 Å². The normalized spacial score (nSPS) is 19.6. The summed E-state index contributed by atoms with van der Waals surface area (Å²) in [4.78, 5) is 15.0. The van der Waals surface area contributed by atoms with Gasteiger partial charge in [0.25, 0.3) is 5.91 Å². The van der Waals surface area contributed by atoms with Gasteiger partial charge in [-0.05, 0) is 37.5 Å². The number of likely N-dealkylation sites (tertiary alicyclic amines) is 1. The third-order valence-electron chi connectivity index (χ3n) is 4.70. The van der Waals surface area contributed by atoms with Crippen LogP contribution in [0.15, 0.2) is 42.2 Å². The number of carbonyl (C=O) groups is 1. The standard InChI is InChI=1S/C19H21N3O2/c1-14-10-20-21(11-14)12-17-6-4-8-22(17)19(23)16-9-15-5-2-3-7-18(15)24-13-16/h2-3,5,7,9-11,17H,4,6,8,12-13H2,1H3/t17-/m0/s1. The fraction of sp³-hybridized carbons (Fsp3) is 0.368. The lowest BCUT2D eigenvalue weighted by atomic mass is 10.1. The molecule has 4 rings (SSSR count). The summed E-state index contributed by atoms with van der Waals surface area (Å²) in [5, 5.41) is 4.35. The number of nitrogens with zero attached hydrogens (tertiary/aromatic N) is 3. The predicted octanol–water partition coefficient (Wildman–Crippen LogP) is 2.66. The molecule has 5 heteroatoms. The van der Waals surface area contributed by atoms with Crippen LogP contribution in [0.3, 0.4) is 0 Å². The zero-order chi connectivity index (χ0) is 16.5. The van der Waals surface area contributed by atoms with Crippen molar-refractivity contribution >= 4 is 12.0 Å². The monoisotopic (exact) mass is 323 g/mol. The van der Waals surface area contributed by atoms with E-state index in [1.165, 1.54) is 0 Å². The molecule has 1 aromatic heterocycles. The first-order chi connectivity index (χ1) is 11.7. The van der Waals surface area contributed by atoms with E-state index in [1.807, 2.05) is 59.2 Å². The maximum absolute atomic E-state index is 13.0. The molecule has 0 radical (unpaired) electrons. The van der Waals surface area contributed by atoms with E-state index >= 15 is 0 Å². The largest absolute Gasteiger partial charge is 0.488 e. The summed E-state index contributed by atoms with van der Waals surface area (Å²) < 4.78 is 7.68. The first-order valence-electron chi connectivity index (χ1n) is 8.43. The summed E-state index contributed by atoms with van der Waals surface area (Å²) in [5.74, 6) is 0.940. The average Bonchev–Trinajstić information content (AvgIpc) is 3.23. The molecule has 24 heavy (non-hydrogen) atoms. The number of aromatic nitrogens is 2. The van der Waals surface area contributed by atoms with Crippen molar-refractivity contribution in [3.8, 4) is 5.75 Å². The van der Waals surface area contributed by atoms with E-state index in [9.17, 15) is 4.79 Å². The number of rotatable bonds is 3. The predicted molar refractivity (Wildman–Crippen MR) is 91.6 cm³/mol. The molecule has 1 fully saturated rings. The number of hydrogen-bond donors (Lipinski definition) is 0. The number of fused-ring (bicyclic) bond motifs is 1. The van der Waals surface area contributed by atoms with Crippen LogP contribution in [0.25, 0.3) is 6.08 Å². The van der Waals surface area contributed by atoms with Crippen LogP contribution in [0.5, 0.6) is 5.75 Å². The topological polar surface area (TPSA) is 47.4 Å².